The zero-order chi connectivity index (χ0) is 11.0. The molecule has 0 aromatic heterocycles. The minimum Gasteiger partial charge on any atom is -0.478 e. The first-order chi connectivity index (χ1) is 7.09. The molecule has 1 aromatic rings. The molecule has 0 saturated carbocycles. The first-order valence-corrected chi connectivity index (χ1v) is 4.12. The van der Waals surface area contributed by atoms with E-state index in [9.17, 15) is 4.79 Å². The van der Waals surface area contributed by atoms with Crippen molar-refractivity contribution in [2.45, 2.75) is 0 Å². The molecule has 3 N–H and O–H groups in total. The highest BCUT2D eigenvalue weighted by Crippen LogP contribution is 2.31. The lowest BCUT2D eigenvalue weighted by Gasteiger charge is -2.06. The first kappa shape index (κ1) is 9.82. The summed E-state index contributed by atoms with van der Waals surface area (Å²) in [6.07, 6.45) is 0. The fourth-order valence-electron chi connectivity index (χ4n) is 1.36. The quantitative estimate of drug-likeness (QED) is 0.530. The Hall–Kier alpha value is -1.73. The highest BCUT2D eigenvalue weighted by molar-refractivity contribution is 6.60. The molecule has 0 atom stereocenters. The molecule has 15 heavy (non-hydrogen) atoms. The van der Waals surface area contributed by atoms with Crippen LogP contribution in [0.2, 0.25) is 0 Å². The molecule has 0 saturated heterocycles. The van der Waals surface area contributed by atoms with Crippen LogP contribution in [0.15, 0.2) is 12.1 Å². The van der Waals surface area contributed by atoms with Crippen LogP contribution in [0.5, 0.6) is 11.5 Å². The van der Waals surface area contributed by atoms with E-state index in [4.69, 9.17) is 24.6 Å². The largest absolute Gasteiger partial charge is 0.489 e. The summed E-state index contributed by atoms with van der Waals surface area (Å²) in [6, 6.07) is 2.45. The van der Waals surface area contributed by atoms with Crippen LogP contribution < -0.4 is 14.9 Å². The van der Waals surface area contributed by atoms with E-state index in [1.165, 1.54) is 12.1 Å². The van der Waals surface area contributed by atoms with Crippen molar-refractivity contribution in [3.63, 3.8) is 0 Å². The van der Waals surface area contributed by atoms with Gasteiger partial charge in [-0.3, -0.25) is 0 Å². The van der Waals surface area contributed by atoms with Gasteiger partial charge >= 0.3 is 13.1 Å². The third-order valence-corrected chi connectivity index (χ3v) is 2.05. The molecule has 0 radical (unpaired) electrons. The van der Waals surface area contributed by atoms with Gasteiger partial charge in [-0.05, 0) is 12.1 Å². The molecule has 78 valence electrons. The normalized spacial score (nSPS) is 12.7. The lowest BCUT2D eigenvalue weighted by molar-refractivity contribution is 0.0697. The van der Waals surface area contributed by atoms with E-state index in [2.05, 4.69) is 0 Å². The van der Waals surface area contributed by atoms with E-state index in [0.717, 1.165) is 0 Å². The molecule has 1 aliphatic heterocycles. The Morgan fingerprint density at radius 2 is 1.87 bits per heavy atom. The molecule has 1 aliphatic rings. The maximum absolute atomic E-state index is 10.8. The number of rotatable bonds is 2. The van der Waals surface area contributed by atoms with Crippen LogP contribution in [-0.2, 0) is 0 Å². The van der Waals surface area contributed by atoms with Gasteiger partial charge in [0.25, 0.3) is 0 Å². The van der Waals surface area contributed by atoms with Crippen molar-refractivity contribution in [3.05, 3.63) is 17.7 Å². The van der Waals surface area contributed by atoms with Crippen molar-refractivity contribution < 1.29 is 29.4 Å². The lowest BCUT2D eigenvalue weighted by Crippen LogP contribution is -2.34. The summed E-state index contributed by atoms with van der Waals surface area (Å²) in [4.78, 5) is 10.8. The van der Waals surface area contributed by atoms with Crippen molar-refractivity contribution >= 4 is 18.6 Å². The number of hydrogen-bond donors (Lipinski definition) is 3. The Balaban J connectivity index is 2.57. The lowest BCUT2D eigenvalue weighted by atomic mass is 9.76. The molecule has 0 aliphatic carbocycles. The maximum atomic E-state index is 10.8. The first-order valence-electron chi connectivity index (χ1n) is 4.12. The van der Waals surface area contributed by atoms with Gasteiger partial charge in [0, 0.05) is 5.46 Å². The van der Waals surface area contributed by atoms with Gasteiger partial charge in [0.15, 0.2) is 11.5 Å². The fraction of sp³-hybridized carbons (Fsp3) is 0.125. The standard InChI is InChI=1S/C8H7BO6/c10-8(11)4-1-6-7(15-3-14-6)2-5(4)9(12)13/h1-2,12-13H,3H2,(H,10,11). The fourth-order valence-corrected chi connectivity index (χ4v) is 1.36. The molecule has 6 nitrogen and oxygen atoms in total. The topological polar surface area (TPSA) is 96.2 Å². The molecule has 0 fully saturated rings. The van der Waals surface area contributed by atoms with Gasteiger partial charge in [-0.15, -0.1) is 0 Å². The zero-order valence-corrected chi connectivity index (χ0v) is 7.51. The molecule has 2 rings (SSSR count). The number of aromatic carboxylic acids is 1. The van der Waals surface area contributed by atoms with E-state index in [-0.39, 0.29) is 23.6 Å². The van der Waals surface area contributed by atoms with Gasteiger partial charge in [-0.1, -0.05) is 0 Å². The van der Waals surface area contributed by atoms with E-state index in [1.54, 1.807) is 0 Å². The second-order valence-electron chi connectivity index (χ2n) is 2.97. The van der Waals surface area contributed by atoms with E-state index in [0.29, 0.717) is 5.75 Å². The van der Waals surface area contributed by atoms with Crippen LogP contribution in [0.4, 0.5) is 0 Å². The predicted octanol–water partition coefficient (Wildman–Crippen LogP) is -1.21. The molecule has 0 amide bonds. The van der Waals surface area contributed by atoms with E-state index < -0.39 is 13.1 Å². The van der Waals surface area contributed by atoms with Crippen LogP contribution >= 0.6 is 0 Å². The average molecular weight is 210 g/mol. The maximum Gasteiger partial charge on any atom is 0.489 e. The van der Waals surface area contributed by atoms with Gasteiger partial charge in [0.1, 0.15) is 0 Å². The second kappa shape index (κ2) is 3.45. The van der Waals surface area contributed by atoms with Gasteiger partial charge in [-0.25, -0.2) is 4.79 Å². The minimum absolute atomic E-state index is 0.000625. The van der Waals surface area contributed by atoms with Crippen molar-refractivity contribution in [3.8, 4) is 11.5 Å². The summed E-state index contributed by atoms with van der Waals surface area (Å²) in [5.74, 6) is -0.656. The molecule has 0 unspecified atom stereocenters. The number of fused-ring (bicyclic) bond motifs is 1. The van der Waals surface area contributed by atoms with Gasteiger partial charge in [-0.2, -0.15) is 0 Å². The summed E-state index contributed by atoms with van der Waals surface area (Å²) < 4.78 is 9.96. The summed E-state index contributed by atoms with van der Waals surface area (Å²) in [6.45, 7) is -0.000625. The van der Waals surface area contributed by atoms with Gasteiger partial charge in [0.05, 0.1) is 5.56 Å². The number of hydrogen-bond acceptors (Lipinski definition) is 5. The molecule has 7 heteroatoms. The Morgan fingerprint density at radius 3 is 2.40 bits per heavy atom. The third kappa shape index (κ3) is 1.62. The Labute approximate surface area is 84.8 Å². The predicted molar refractivity (Wildman–Crippen MR) is 49.3 cm³/mol. The van der Waals surface area contributed by atoms with E-state index in [1.807, 2.05) is 0 Å². The summed E-state index contributed by atoms with van der Waals surface area (Å²) >= 11 is 0. The van der Waals surface area contributed by atoms with Crippen LogP contribution in [0.25, 0.3) is 0 Å². The van der Waals surface area contributed by atoms with Crippen molar-refractivity contribution in [1.82, 2.24) is 0 Å². The van der Waals surface area contributed by atoms with Crippen LogP contribution in [0, 0.1) is 0 Å². The Kier molecular flexibility index (Phi) is 2.26. The Bertz CT molecular complexity index is 416. The highest BCUT2D eigenvalue weighted by Gasteiger charge is 2.26. The van der Waals surface area contributed by atoms with Gasteiger partial charge in [0.2, 0.25) is 6.79 Å². The molecule has 1 heterocycles. The molecule has 0 bridgehead atoms. The average Bonchev–Trinajstić information content (AvgIpc) is 2.61. The number of carboxylic acid groups (broad SMARTS) is 1. The van der Waals surface area contributed by atoms with Crippen LogP contribution in [-0.4, -0.2) is 35.0 Å². The van der Waals surface area contributed by atoms with Crippen LogP contribution in [0.3, 0.4) is 0 Å². The molecular formula is C8H7BO6. The monoisotopic (exact) mass is 210 g/mol. The Morgan fingerprint density at radius 1 is 1.27 bits per heavy atom. The molecule has 0 spiro atoms. The summed E-state index contributed by atoms with van der Waals surface area (Å²) in [5, 5.41) is 26.8. The molecule has 1 aromatic carbocycles. The van der Waals surface area contributed by atoms with Crippen molar-refractivity contribution in [1.29, 1.82) is 0 Å². The van der Waals surface area contributed by atoms with Crippen LogP contribution in [0.1, 0.15) is 10.4 Å². The zero-order valence-electron chi connectivity index (χ0n) is 7.51. The summed E-state index contributed by atoms with van der Waals surface area (Å²) in [7, 11) is -1.86. The smallest absolute Gasteiger partial charge is 0.478 e. The second-order valence-corrected chi connectivity index (χ2v) is 2.97. The number of carbonyl (C=O) groups is 1. The highest BCUT2D eigenvalue weighted by atomic mass is 16.7. The SMILES string of the molecule is O=C(O)c1cc2c(cc1B(O)O)OCO2. The number of benzene rings is 1. The number of ether oxygens (including phenoxy) is 2. The van der Waals surface area contributed by atoms with Gasteiger partial charge < -0.3 is 24.6 Å². The summed E-state index contributed by atoms with van der Waals surface area (Å²) in [5.41, 5.74) is -0.332. The third-order valence-electron chi connectivity index (χ3n) is 2.05. The van der Waals surface area contributed by atoms with Crippen molar-refractivity contribution in [2.75, 3.05) is 6.79 Å². The van der Waals surface area contributed by atoms with Crippen molar-refractivity contribution in [2.24, 2.45) is 0 Å². The molecular weight excluding hydrogens is 203 g/mol. The van der Waals surface area contributed by atoms with E-state index >= 15 is 0 Å². The number of carboxylic acids is 1. The minimum atomic E-state index is -1.86.